The summed E-state index contributed by atoms with van der Waals surface area (Å²) in [6.07, 6.45) is -2.05. The van der Waals surface area contributed by atoms with Crippen LogP contribution in [-0.2, 0) is 0 Å². The molecule has 1 atom stereocenters. The Hall–Kier alpha value is -2.39. The second-order valence-corrected chi connectivity index (χ2v) is 7.44. The van der Waals surface area contributed by atoms with Gasteiger partial charge < -0.3 is 10.2 Å². The standard InChI is InChI=1S/C17H14ClF2N5OS/c18-9-2-1-3-10(6-9)21-17(26)25-5-4-12-11(7-25)14(24-23-12)13-8-27-16(22-13)15(19)20/h1-3,6,8,14-15H,4-5,7H2,(H,21,26). The molecule has 0 fully saturated rings. The van der Waals surface area contributed by atoms with E-state index in [0.717, 1.165) is 22.6 Å². The maximum absolute atomic E-state index is 12.8. The molecule has 27 heavy (non-hydrogen) atoms. The minimum Gasteiger partial charge on any atom is -0.320 e. The summed E-state index contributed by atoms with van der Waals surface area (Å²) in [5.74, 6) is 0. The van der Waals surface area contributed by atoms with E-state index in [1.165, 1.54) is 0 Å². The molecule has 0 bridgehead atoms. The second-order valence-electron chi connectivity index (χ2n) is 6.11. The van der Waals surface area contributed by atoms with E-state index in [1.807, 2.05) is 0 Å². The van der Waals surface area contributed by atoms with Crippen LogP contribution in [0.1, 0.15) is 29.6 Å². The van der Waals surface area contributed by atoms with Crippen molar-refractivity contribution in [1.82, 2.24) is 9.88 Å². The number of hydrogen-bond donors (Lipinski definition) is 1. The van der Waals surface area contributed by atoms with E-state index < -0.39 is 12.5 Å². The Labute approximate surface area is 162 Å². The Bertz CT molecular complexity index is 945. The van der Waals surface area contributed by atoms with Gasteiger partial charge in [-0.15, -0.1) is 11.3 Å². The van der Waals surface area contributed by atoms with Crippen molar-refractivity contribution in [1.29, 1.82) is 0 Å². The van der Waals surface area contributed by atoms with Gasteiger partial charge in [0.1, 0.15) is 6.04 Å². The summed E-state index contributed by atoms with van der Waals surface area (Å²) in [5.41, 5.74) is 2.68. The molecular formula is C17H14ClF2N5OS. The van der Waals surface area contributed by atoms with Crippen LogP contribution < -0.4 is 5.32 Å². The van der Waals surface area contributed by atoms with Gasteiger partial charge in [0, 0.05) is 41.2 Å². The zero-order chi connectivity index (χ0) is 19.0. The number of nitrogens with one attached hydrogen (secondary N) is 1. The molecule has 1 aromatic carbocycles. The van der Waals surface area contributed by atoms with Crippen LogP contribution in [0.25, 0.3) is 0 Å². The van der Waals surface area contributed by atoms with Crippen molar-refractivity contribution in [3.05, 3.63) is 56.6 Å². The number of rotatable bonds is 3. The molecule has 2 amide bonds. The van der Waals surface area contributed by atoms with Crippen molar-refractivity contribution in [2.75, 3.05) is 18.4 Å². The van der Waals surface area contributed by atoms with Crippen LogP contribution in [0.5, 0.6) is 0 Å². The lowest BCUT2D eigenvalue weighted by Gasteiger charge is -2.28. The molecule has 4 rings (SSSR count). The summed E-state index contributed by atoms with van der Waals surface area (Å²) in [5, 5.41) is 13.0. The first kappa shape index (κ1) is 18.0. The van der Waals surface area contributed by atoms with Gasteiger partial charge in [0.25, 0.3) is 6.43 Å². The van der Waals surface area contributed by atoms with Gasteiger partial charge in [-0.25, -0.2) is 18.6 Å². The lowest BCUT2D eigenvalue weighted by molar-refractivity contribution is 0.150. The first-order valence-corrected chi connectivity index (χ1v) is 9.45. The van der Waals surface area contributed by atoms with Gasteiger partial charge in [-0.05, 0) is 18.2 Å². The maximum Gasteiger partial charge on any atom is 0.322 e. The number of anilines is 1. The van der Waals surface area contributed by atoms with E-state index in [4.69, 9.17) is 11.6 Å². The fourth-order valence-electron chi connectivity index (χ4n) is 3.04. The van der Waals surface area contributed by atoms with Crippen molar-refractivity contribution >= 4 is 34.7 Å². The van der Waals surface area contributed by atoms with Crippen molar-refractivity contribution in [3.63, 3.8) is 0 Å². The largest absolute Gasteiger partial charge is 0.322 e. The van der Waals surface area contributed by atoms with Crippen LogP contribution >= 0.6 is 22.9 Å². The van der Waals surface area contributed by atoms with Crippen LogP contribution in [0.3, 0.4) is 0 Å². The number of urea groups is 1. The molecule has 2 aliphatic heterocycles. The number of hydrogen-bond acceptors (Lipinski definition) is 5. The highest BCUT2D eigenvalue weighted by Gasteiger charge is 2.34. The third-order valence-electron chi connectivity index (χ3n) is 4.34. The van der Waals surface area contributed by atoms with Crippen molar-refractivity contribution in [2.45, 2.75) is 18.9 Å². The topological polar surface area (TPSA) is 70.0 Å². The Morgan fingerprint density at radius 1 is 1.41 bits per heavy atom. The number of carbonyl (C=O) groups excluding carboxylic acids is 1. The van der Waals surface area contributed by atoms with Crippen molar-refractivity contribution in [2.24, 2.45) is 10.2 Å². The van der Waals surface area contributed by atoms with Gasteiger partial charge in [0.2, 0.25) is 0 Å². The van der Waals surface area contributed by atoms with Crippen LogP contribution in [0.4, 0.5) is 19.3 Å². The zero-order valence-corrected chi connectivity index (χ0v) is 15.5. The molecule has 0 saturated carbocycles. The monoisotopic (exact) mass is 409 g/mol. The number of nitrogens with zero attached hydrogens (tertiary/aromatic N) is 4. The molecule has 6 nitrogen and oxygen atoms in total. The molecule has 1 aromatic heterocycles. The molecule has 1 N–H and O–H groups in total. The van der Waals surface area contributed by atoms with E-state index in [-0.39, 0.29) is 11.0 Å². The Balaban J connectivity index is 1.48. The predicted molar refractivity (Wildman–Crippen MR) is 98.4 cm³/mol. The van der Waals surface area contributed by atoms with Gasteiger partial charge in [0.15, 0.2) is 5.01 Å². The van der Waals surface area contributed by atoms with Crippen molar-refractivity contribution < 1.29 is 13.6 Å². The van der Waals surface area contributed by atoms with Gasteiger partial charge in [-0.3, -0.25) is 0 Å². The van der Waals surface area contributed by atoms with Crippen LogP contribution in [0, 0.1) is 0 Å². The quantitative estimate of drug-likeness (QED) is 0.733. The highest BCUT2D eigenvalue weighted by molar-refractivity contribution is 7.09. The third-order valence-corrected chi connectivity index (χ3v) is 5.45. The number of thiazole rings is 1. The number of azo groups is 1. The van der Waals surface area contributed by atoms with E-state index in [0.29, 0.717) is 35.9 Å². The Kier molecular flexibility index (Phi) is 4.88. The number of amides is 2. The molecule has 1 unspecified atom stereocenters. The molecule has 3 heterocycles. The average molecular weight is 410 g/mol. The SMILES string of the molecule is O=C(Nc1cccc(Cl)c1)N1CCC2=C(C1)C(c1csc(C(F)F)n1)N=N2. The van der Waals surface area contributed by atoms with Crippen LogP contribution in [0.15, 0.2) is 51.1 Å². The van der Waals surface area contributed by atoms with Gasteiger partial charge in [-0.2, -0.15) is 10.2 Å². The molecule has 10 heteroatoms. The average Bonchev–Trinajstić information content (AvgIpc) is 3.28. The fourth-order valence-corrected chi connectivity index (χ4v) is 3.91. The fraction of sp³-hybridized carbons (Fsp3) is 0.294. The summed E-state index contributed by atoms with van der Waals surface area (Å²) in [4.78, 5) is 18.2. The lowest BCUT2D eigenvalue weighted by atomic mass is 9.99. The Morgan fingerprint density at radius 2 is 2.26 bits per heavy atom. The van der Waals surface area contributed by atoms with E-state index in [1.54, 1.807) is 34.5 Å². The highest BCUT2D eigenvalue weighted by atomic mass is 35.5. The van der Waals surface area contributed by atoms with Crippen LogP contribution in [-0.4, -0.2) is 29.0 Å². The highest BCUT2D eigenvalue weighted by Crippen LogP contribution is 2.39. The van der Waals surface area contributed by atoms with Gasteiger partial charge in [-0.1, -0.05) is 17.7 Å². The number of carbonyl (C=O) groups is 1. The molecule has 140 valence electrons. The summed E-state index contributed by atoms with van der Waals surface area (Å²) >= 11 is 6.85. The summed E-state index contributed by atoms with van der Waals surface area (Å²) in [6.45, 7) is 0.817. The predicted octanol–water partition coefficient (Wildman–Crippen LogP) is 5.43. The molecule has 2 aliphatic rings. The normalized spacial score (nSPS) is 19.0. The molecular weight excluding hydrogens is 396 g/mol. The molecule has 0 saturated heterocycles. The zero-order valence-electron chi connectivity index (χ0n) is 13.9. The minimum absolute atomic E-state index is 0.236. The smallest absolute Gasteiger partial charge is 0.320 e. The van der Waals surface area contributed by atoms with Gasteiger partial charge >= 0.3 is 6.03 Å². The number of benzene rings is 1. The second kappa shape index (κ2) is 7.32. The Morgan fingerprint density at radius 3 is 3.00 bits per heavy atom. The number of halogens is 3. The molecule has 0 spiro atoms. The van der Waals surface area contributed by atoms with E-state index >= 15 is 0 Å². The van der Waals surface area contributed by atoms with E-state index in [9.17, 15) is 13.6 Å². The summed E-state index contributed by atoms with van der Waals surface area (Å²) in [6, 6.07) is 6.12. The van der Waals surface area contributed by atoms with Crippen molar-refractivity contribution in [3.8, 4) is 0 Å². The maximum atomic E-state index is 12.8. The molecule has 0 aliphatic carbocycles. The number of alkyl halides is 2. The number of aromatic nitrogens is 1. The van der Waals surface area contributed by atoms with E-state index in [2.05, 4.69) is 20.5 Å². The third kappa shape index (κ3) is 3.70. The van der Waals surface area contributed by atoms with Gasteiger partial charge in [0.05, 0.1) is 11.4 Å². The van der Waals surface area contributed by atoms with Crippen LogP contribution in [0.2, 0.25) is 5.02 Å². The molecule has 0 radical (unpaired) electrons. The first-order chi connectivity index (χ1) is 13.0. The summed E-state index contributed by atoms with van der Waals surface area (Å²) in [7, 11) is 0. The molecule has 2 aromatic rings. The lowest BCUT2D eigenvalue weighted by Crippen LogP contribution is -2.40. The first-order valence-electron chi connectivity index (χ1n) is 8.19. The summed E-state index contributed by atoms with van der Waals surface area (Å²) < 4.78 is 25.6. The minimum atomic E-state index is -2.61.